The molecular formula is C12H18O3. The maximum Gasteiger partial charge on any atom is 0.303 e. The van der Waals surface area contributed by atoms with E-state index in [4.69, 9.17) is 4.74 Å². The summed E-state index contributed by atoms with van der Waals surface area (Å²) < 4.78 is 5.13. The molecule has 0 aliphatic rings. The Morgan fingerprint density at radius 3 is 2.47 bits per heavy atom. The van der Waals surface area contributed by atoms with Gasteiger partial charge >= 0.3 is 5.97 Å². The largest absolute Gasteiger partial charge is 0.455 e. The van der Waals surface area contributed by atoms with Gasteiger partial charge in [0.05, 0.1) is 0 Å². The van der Waals surface area contributed by atoms with Crippen LogP contribution in [0.15, 0.2) is 24.3 Å². The van der Waals surface area contributed by atoms with Gasteiger partial charge < -0.3 is 4.74 Å². The Bertz CT molecular complexity index is 279. The molecule has 15 heavy (non-hydrogen) atoms. The van der Waals surface area contributed by atoms with Crippen LogP contribution in [-0.4, -0.2) is 17.9 Å². The number of hydrogen-bond donors (Lipinski definition) is 0. The second kappa shape index (κ2) is 6.17. The van der Waals surface area contributed by atoms with Crippen LogP contribution in [0.5, 0.6) is 0 Å². The highest BCUT2D eigenvalue weighted by atomic mass is 16.6. The van der Waals surface area contributed by atoms with Crippen LogP contribution in [0.1, 0.15) is 33.6 Å². The smallest absolute Gasteiger partial charge is 0.303 e. The number of carbonyl (C=O) groups excluding carboxylic acids is 2. The van der Waals surface area contributed by atoms with E-state index in [0.29, 0.717) is 18.4 Å². The molecular weight excluding hydrogens is 192 g/mol. The van der Waals surface area contributed by atoms with Crippen LogP contribution in [-0.2, 0) is 14.3 Å². The van der Waals surface area contributed by atoms with Crippen molar-refractivity contribution in [3.05, 3.63) is 24.3 Å². The molecule has 0 heterocycles. The van der Waals surface area contributed by atoms with Crippen LogP contribution in [0.25, 0.3) is 0 Å². The first kappa shape index (κ1) is 13.6. The molecule has 3 heteroatoms. The molecule has 0 aliphatic heterocycles. The monoisotopic (exact) mass is 210 g/mol. The Morgan fingerprint density at radius 2 is 2.07 bits per heavy atom. The molecule has 84 valence electrons. The molecule has 0 saturated heterocycles. The van der Waals surface area contributed by atoms with E-state index in [1.54, 1.807) is 19.9 Å². The first-order valence-electron chi connectivity index (χ1n) is 4.88. The number of hydrogen-bond acceptors (Lipinski definition) is 3. The molecule has 0 bridgehead atoms. The summed E-state index contributed by atoms with van der Waals surface area (Å²) in [6.45, 7) is 8.54. The summed E-state index contributed by atoms with van der Waals surface area (Å²) in [5.74, 6) is -0.325. The van der Waals surface area contributed by atoms with Gasteiger partial charge in [0.1, 0.15) is 11.9 Å². The fourth-order valence-corrected chi connectivity index (χ4v) is 1.16. The molecule has 0 aromatic carbocycles. The molecule has 0 N–H and O–H groups in total. The summed E-state index contributed by atoms with van der Waals surface area (Å²) >= 11 is 0. The minimum absolute atomic E-state index is 0.325. The van der Waals surface area contributed by atoms with Gasteiger partial charge in [-0.25, -0.2) is 0 Å². The third-order valence-electron chi connectivity index (χ3n) is 2.10. The van der Waals surface area contributed by atoms with Crippen molar-refractivity contribution in [3.8, 4) is 0 Å². The predicted octanol–water partition coefficient (Wildman–Crippen LogP) is 2.42. The lowest BCUT2D eigenvalue weighted by molar-refractivity contribution is -0.151. The van der Waals surface area contributed by atoms with Crippen molar-refractivity contribution in [2.24, 2.45) is 0 Å². The number of carbonyl (C=O) groups is 2. The average Bonchev–Trinajstić information content (AvgIpc) is 2.16. The third-order valence-corrected chi connectivity index (χ3v) is 2.10. The molecule has 0 radical (unpaired) electrons. The zero-order valence-electron chi connectivity index (χ0n) is 9.58. The van der Waals surface area contributed by atoms with Gasteiger partial charge in [0, 0.05) is 6.92 Å². The van der Waals surface area contributed by atoms with Gasteiger partial charge in [-0.05, 0) is 38.3 Å². The van der Waals surface area contributed by atoms with Crippen LogP contribution in [0.2, 0.25) is 0 Å². The highest BCUT2D eigenvalue weighted by Gasteiger charge is 2.22. The van der Waals surface area contributed by atoms with Crippen molar-refractivity contribution >= 4 is 12.3 Å². The van der Waals surface area contributed by atoms with Gasteiger partial charge in [-0.15, -0.1) is 0 Å². The van der Waals surface area contributed by atoms with Gasteiger partial charge in [-0.2, -0.15) is 0 Å². The van der Waals surface area contributed by atoms with Crippen molar-refractivity contribution in [2.45, 2.75) is 39.2 Å². The Kier molecular flexibility index (Phi) is 5.60. The van der Waals surface area contributed by atoms with Gasteiger partial charge in [-0.1, -0.05) is 12.7 Å². The summed E-state index contributed by atoms with van der Waals surface area (Å²) in [6.07, 6.45) is 5.54. The van der Waals surface area contributed by atoms with Crippen LogP contribution in [0, 0.1) is 0 Å². The van der Waals surface area contributed by atoms with Crippen LogP contribution < -0.4 is 0 Å². The number of aldehydes is 1. The molecule has 1 unspecified atom stereocenters. The van der Waals surface area contributed by atoms with Crippen LogP contribution >= 0.6 is 0 Å². The van der Waals surface area contributed by atoms with Crippen LogP contribution in [0.3, 0.4) is 0 Å². The Balaban J connectivity index is 4.26. The normalized spacial score (nSPS) is 15.3. The topological polar surface area (TPSA) is 43.4 Å². The standard InChI is InChI=1S/C12H18O3/c1-5-12(4,15-11(3)14)8-6-7-10(2)9-13/h5,7,9H,1,6,8H2,2-4H3. The van der Waals surface area contributed by atoms with E-state index in [2.05, 4.69) is 6.58 Å². The highest BCUT2D eigenvalue weighted by Crippen LogP contribution is 2.19. The van der Waals surface area contributed by atoms with Gasteiger partial charge in [0.2, 0.25) is 0 Å². The molecule has 0 spiro atoms. The summed E-state index contributed by atoms with van der Waals surface area (Å²) in [5.41, 5.74) is 0.0372. The molecule has 0 aliphatic carbocycles. The number of allylic oxidation sites excluding steroid dienone is 2. The average molecular weight is 210 g/mol. The highest BCUT2D eigenvalue weighted by molar-refractivity contribution is 5.71. The van der Waals surface area contributed by atoms with Crippen LogP contribution in [0.4, 0.5) is 0 Å². The van der Waals surface area contributed by atoms with Crippen molar-refractivity contribution in [3.63, 3.8) is 0 Å². The maximum absolute atomic E-state index is 10.8. The lowest BCUT2D eigenvalue weighted by Gasteiger charge is -2.24. The SMILES string of the molecule is C=CC(C)(CCC=C(C)C=O)OC(C)=O. The molecule has 3 nitrogen and oxygen atoms in total. The first-order valence-corrected chi connectivity index (χ1v) is 4.88. The third kappa shape index (κ3) is 5.83. The molecule has 0 amide bonds. The number of esters is 1. The van der Waals surface area contributed by atoms with E-state index in [1.807, 2.05) is 6.08 Å². The second-order valence-corrected chi connectivity index (χ2v) is 3.72. The Hall–Kier alpha value is -1.38. The van der Waals surface area contributed by atoms with E-state index >= 15 is 0 Å². The van der Waals surface area contributed by atoms with Crippen molar-refractivity contribution in [1.29, 1.82) is 0 Å². The zero-order valence-corrected chi connectivity index (χ0v) is 9.58. The minimum atomic E-state index is -0.647. The van der Waals surface area contributed by atoms with Crippen molar-refractivity contribution in [2.75, 3.05) is 0 Å². The van der Waals surface area contributed by atoms with E-state index in [0.717, 1.165) is 6.29 Å². The number of rotatable bonds is 6. The van der Waals surface area contributed by atoms with Crippen molar-refractivity contribution < 1.29 is 14.3 Å². The lowest BCUT2D eigenvalue weighted by Crippen LogP contribution is -2.27. The Morgan fingerprint density at radius 1 is 1.47 bits per heavy atom. The fourth-order valence-electron chi connectivity index (χ4n) is 1.16. The second-order valence-electron chi connectivity index (χ2n) is 3.72. The summed E-state index contributed by atoms with van der Waals surface area (Å²) in [7, 11) is 0. The molecule has 1 atom stereocenters. The summed E-state index contributed by atoms with van der Waals surface area (Å²) in [6, 6.07) is 0. The summed E-state index contributed by atoms with van der Waals surface area (Å²) in [5, 5.41) is 0. The predicted molar refractivity (Wildman–Crippen MR) is 59.4 cm³/mol. The van der Waals surface area contributed by atoms with Gasteiger partial charge in [0.15, 0.2) is 0 Å². The molecule has 0 aromatic heterocycles. The van der Waals surface area contributed by atoms with Gasteiger partial charge in [0.25, 0.3) is 0 Å². The quantitative estimate of drug-likeness (QED) is 0.292. The molecule has 0 saturated carbocycles. The van der Waals surface area contributed by atoms with E-state index in [1.165, 1.54) is 6.92 Å². The number of ether oxygens (including phenoxy) is 1. The van der Waals surface area contributed by atoms with E-state index < -0.39 is 5.60 Å². The first-order chi connectivity index (χ1) is 6.93. The Labute approximate surface area is 90.8 Å². The maximum atomic E-state index is 10.8. The minimum Gasteiger partial charge on any atom is -0.455 e. The fraction of sp³-hybridized carbons (Fsp3) is 0.500. The van der Waals surface area contributed by atoms with Gasteiger partial charge in [-0.3, -0.25) is 9.59 Å². The molecule has 0 rings (SSSR count). The van der Waals surface area contributed by atoms with Crippen molar-refractivity contribution in [1.82, 2.24) is 0 Å². The molecule has 0 aromatic rings. The summed E-state index contributed by atoms with van der Waals surface area (Å²) in [4.78, 5) is 21.2. The zero-order chi connectivity index (χ0) is 11.9. The van der Waals surface area contributed by atoms with E-state index in [9.17, 15) is 9.59 Å². The molecule has 0 fully saturated rings. The van der Waals surface area contributed by atoms with E-state index in [-0.39, 0.29) is 5.97 Å². The lowest BCUT2D eigenvalue weighted by atomic mass is 9.99.